The first-order valence-electron chi connectivity index (χ1n) is 25.7. The number of anilines is 6. The highest BCUT2D eigenvalue weighted by atomic mass is 16.3. The van der Waals surface area contributed by atoms with Crippen LogP contribution in [0.25, 0.3) is 115 Å². The van der Waals surface area contributed by atoms with Gasteiger partial charge in [0.15, 0.2) is 11.2 Å². The molecule has 16 rings (SSSR count). The molecule has 0 spiro atoms. The number of hydrogen-bond acceptors (Lipinski definition) is 4. The summed E-state index contributed by atoms with van der Waals surface area (Å²) in [7, 11) is 0. The second-order valence-corrected chi connectivity index (χ2v) is 20.1. The lowest BCUT2D eigenvalue weighted by molar-refractivity contribution is 0.578. The molecule has 16 aromatic rings. The van der Waals surface area contributed by atoms with Crippen LogP contribution in [0.1, 0.15) is 22.5 Å². The van der Waals surface area contributed by atoms with Gasteiger partial charge in [-0.3, -0.25) is 0 Å². The average Bonchev–Trinajstić information content (AvgIpc) is 4.37. The van der Waals surface area contributed by atoms with Crippen molar-refractivity contribution >= 4 is 149 Å². The van der Waals surface area contributed by atoms with E-state index >= 15 is 0 Å². The molecule has 0 N–H and O–H groups in total. The summed E-state index contributed by atoms with van der Waals surface area (Å²) < 4.78 is 18.6. The van der Waals surface area contributed by atoms with Gasteiger partial charge >= 0.3 is 0 Å². The number of nitrogens with zero attached hydrogens (tertiary/aromatic N) is 4. The Hall–Kier alpha value is -9.78. The van der Waals surface area contributed by atoms with E-state index in [1.165, 1.54) is 87.3 Å². The minimum atomic E-state index is 0.846. The third-order valence-electron chi connectivity index (χ3n) is 16.1. The van der Waals surface area contributed by atoms with E-state index in [1.54, 1.807) is 0 Å². The van der Waals surface area contributed by atoms with Crippen molar-refractivity contribution in [1.82, 2.24) is 8.80 Å². The topological polar surface area (TPSA) is 41.6 Å². The molecule has 10 aromatic carbocycles. The zero-order valence-electron chi connectivity index (χ0n) is 41.5. The van der Waals surface area contributed by atoms with Crippen LogP contribution < -0.4 is 9.80 Å². The molecule has 0 atom stereocenters. The van der Waals surface area contributed by atoms with E-state index in [1.807, 2.05) is 25.1 Å². The molecule has 0 aliphatic carbocycles. The van der Waals surface area contributed by atoms with Crippen molar-refractivity contribution in [3.05, 3.63) is 235 Å². The van der Waals surface area contributed by atoms with Crippen LogP contribution >= 0.6 is 0 Å². The number of allylic oxidation sites excluding steroid dienone is 2. The van der Waals surface area contributed by atoms with Crippen LogP contribution in [0.15, 0.2) is 222 Å². The third kappa shape index (κ3) is 5.57. The molecule has 75 heavy (non-hydrogen) atoms. The maximum Gasteiger partial charge on any atom is 0.159 e. The van der Waals surface area contributed by atoms with Crippen molar-refractivity contribution in [3.8, 4) is 0 Å². The summed E-state index contributed by atoms with van der Waals surface area (Å²) in [6, 6.07) is 70.9. The number of aryl methyl sites for hydroxylation is 3. The van der Waals surface area contributed by atoms with Crippen molar-refractivity contribution in [1.29, 1.82) is 0 Å². The van der Waals surface area contributed by atoms with Gasteiger partial charge in [0.2, 0.25) is 0 Å². The summed E-state index contributed by atoms with van der Waals surface area (Å²) in [6.07, 6.45) is 5.89. The molecule has 0 bridgehead atoms. The van der Waals surface area contributed by atoms with Crippen LogP contribution in [0.3, 0.4) is 0 Å². The Morgan fingerprint density at radius 2 is 0.853 bits per heavy atom. The summed E-state index contributed by atoms with van der Waals surface area (Å²) in [5.74, 6) is 0.869. The molecule has 6 nitrogen and oxygen atoms in total. The Morgan fingerprint density at radius 1 is 0.387 bits per heavy atom. The highest BCUT2D eigenvalue weighted by Gasteiger charge is 2.30. The molecule has 6 heteroatoms. The van der Waals surface area contributed by atoms with Crippen molar-refractivity contribution in [2.75, 3.05) is 9.80 Å². The third-order valence-corrected chi connectivity index (χ3v) is 16.1. The SMILES string of the molecule is C=C/C=C\c1c(C)oc2c(N(c3ccccc3C)c3ccc4c5cc6c(cc5n5c7ccccc7c3c45)c3ccc(N(c4ccccc4C)c4cccc5c4oc4ccccc45)c4c5ccccc5n6c34)cccc12. The van der Waals surface area contributed by atoms with E-state index in [0.717, 1.165) is 78.4 Å². The predicted molar refractivity (Wildman–Crippen MR) is 316 cm³/mol. The van der Waals surface area contributed by atoms with Gasteiger partial charge in [-0.25, -0.2) is 0 Å². The first kappa shape index (κ1) is 41.8. The molecule has 0 radical (unpaired) electrons. The van der Waals surface area contributed by atoms with Gasteiger partial charge in [0, 0.05) is 76.2 Å². The van der Waals surface area contributed by atoms with E-state index < -0.39 is 0 Å². The minimum Gasteiger partial charge on any atom is -0.459 e. The molecule has 0 aliphatic rings. The molecule has 6 aromatic heterocycles. The fourth-order valence-corrected chi connectivity index (χ4v) is 12.9. The van der Waals surface area contributed by atoms with Gasteiger partial charge in [-0.15, -0.1) is 0 Å². The largest absolute Gasteiger partial charge is 0.459 e. The van der Waals surface area contributed by atoms with Crippen LogP contribution in [-0.2, 0) is 0 Å². The first-order chi connectivity index (χ1) is 37.0. The van der Waals surface area contributed by atoms with E-state index in [2.05, 4.69) is 233 Å². The van der Waals surface area contributed by atoms with Crippen molar-refractivity contribution < 1.29 is 8.83 Å². The standard InChI is InChI=1S/C69H46N4O2/c1-5-6-21-43-42(4)74-68-47(43)25-17-31-59(68)70(53-27-12-7-19-40(53)2)57-36-34-45-51-38-62-52(39-61(51)72-55-29-14-9-23-49(55)64(57)66(45)72)46-35-37-58(65-50-24-10-15-30-56(50)73(62)67(46)65)71(54-28-13-8-20-41(54)3)60-32-18-26-48-44-22-11-16-33-63(44)75-69(48)60/h5-39H,1H2,2-4H3/b21-6-. The van der Waals surface area contributed by atoms with Crippen LogP contribution in [0, 0.1) is 20.8 Å². The number of furan rings is 2. The molecule has 354 valence electrons. The number of aromatic nitrogens is 2. The second kappa shape index (κ2) is 15.4. The maximum absolute atomic E-state index is 6.80. The molecule has 0 unspecified atom stereocenters. The summed E-state index contributed by atoms with van der Waals surface area (Å²) >= 11 is 0. The fourth-order valence-electron chi connectivity index (χ4n) is 12.9. The zero-order chi connectivity index (χ0) is 49.8. The molecular formula is C69H46N4O2. The van der Waals surface area contributed by atoms with Gasteiger partial charge < -0.3 is 27.4 Å². The lowest BCUT2D eigenvalue weighted by Gasteiger charge is -2.28. The van der Waals surface area contributed by atoms with E-state index in [9.17, 15) is 0 Å². The molecule has 0 aliphatic heterocycles. The lowest BCUT2D eigenvalue weighted by atomic mass is 10.0. The molecule has 0 saturated carbocycles. The van der Waals surface area contributed by atoms with Crippen molar-refractivity contribution in [2.45, 2.75) is 20.8 Å². The summed E-state index contributed by atoms with van der Waals surface area (Å²) in [4.78, 5) is 4.86. The normalized spacial score (nSPS) is 12.5. The van der Waals surface area contributed by atoms with E-state index in [4.69, 9.17) is 8.83 Å². The molecule has 0 amide bonds. The number of hydrogen-bond donors (Lipinski definition) is 0. The van der Waals surface area contributed by atoms with E-state index in [0.29, 0.717) is 0 Å². The monoisotopic (exact) mass is 962 g/mol. The smallest absolute Gasteiger partial charge is 0.159 e. The van der Waals surface area contributed by atoms with Gasteiger partial charge in [-0.05, 0) is 98.6 Å². The van der Waals surface area contributed by atoms with Crippen LogP contribution in [-0.4, -0.2) is 8.80 Å². The van der Waals surface area contributed by atoms with Gasteiger partial charge in [-0.2, -0.15) is 0 Å². The highest BCUT2D eigenvalue weighted by Crippen LogP contribution is 2.53. The van der Waals surface area contributed by atoms with E-state index in [-0.39, 0.29) is 0 Å². The van der Waals surface area contributed by atoms with Crippen LogP contribution in [0.2, 0.25) is 0 Å². The summed E-state index contributed by atoms with van der Waals surface area (Å²) in [5.41, 5.74) is 19.5. The predicted octanol–water partition coefficient (Wildman–Crippen LogP) is 19.7. The maximum atomic E-state index is 6.80. The number of benzene rings is 10. The Kier molecular flexibility index (Phi) is 8.57. The Morgan fingerprint density at radius 3 is 1.41 bits per heavy atom. The molecular weight excluding hydrogens is 917 g/mol. The second-order valence-electron chi connectivity index (χ2n) is 20.1. The zero-order valence-corrected chi connectivity index (χ0v) is 41.5. The minimum absolute atomic E-state index is 0.846. The summed E-state index contributed by atoms with van der Waals surface area (Å²) in [5, 5.41) is 12.9. The number of fused-ring (bicyclic) bond motifs is 16. The van der Waals surface area contributed by atoms with Crippen molar-refractivity contribution in [2.24, 2.45) is 0 Å². The van der Waals surface area contributed by atoms with Crippen LogP contribution in [0.5, 0.6) is 0 Å². The molecule has 0 fully saturated rings. The average molecular weight is 963 g/mol. The summed E-state index contributed by atoms with van der Waals surface area (Å²) in [6.45, 7) is 10.4. The quantitative estimate of drug-likeness (QED) is 0.142. The first-order valence-corrected chi connectivity index (χ1v) is 25.7. The van der Waals surface area contributed by atoms with Gasteiger partial charge in [0.05, 0.1) is 55.8 Å². The van der Waals surface area contributed by atoms with Crippen molar-refractivity contribution in [3.63, 3.8) is 0 Å². The number of para-hydroxylation sites is 7. The highest BCUT2D eigenvalue weighted by molar-refractivity contribution is 6.32. The lowest BCUT2D eigenvalue weighted by Crippen LogP contribution is -2.12. The van der Waals surface area contributed by atoms with Crippen LogP contribution in [0.4, 0.5) is 34.1 Å². The Balaban J connectivity index is 0.982. The van der Waals surface area contributed by atoms with Gasteiger partial charge in [0.1, 0.15) is 11.3 Å². The fraction of sp³-hybridized carbons (Fsp3) is 0.0435. The molecule has 6 heterocycles. The van der Waals surface area contributed by atoms with Gasteiger partial charge in [0.25, 0.3) is 0 Å². The van der Waals surface area contributed by atoms with Gasteiger partial charge in [-0.1, -0.05) is 152 Å². The number of rotatable bonds is 8. The Bertz CT molecular complexity index is 5100. The Labute approximate surface area is 430 Å². The molecule has 0 saturated heterocycles.